The topological polar surface area (TPSA) is 80.9 Å². The zero-order valence-electron chi connectivity index (χ0n) is 13.2. The SMILES string of the molecule is Cc1cc(CNC(=O)c2c(-c3ccccc3Cl)noc2C)ncn1. The van der Waals surface area contributed by atoms with E-state index >= 15 is 0 Å². The van der Waals surface area contributed by atoms with Crippen LogP contribution in [0.5, 0.6) is 0 Å². The Balaban J connectivity index is 1.85. The van der Waals surface area contributed by atoms with Crippen LogP contribution in [0.1, 0.15) is 27.5 Å². The number of nitrogens with one attached hydrogen (secondary N) is 1. The summed E-state index contributed by atoms with van der Waals surface area (Å²) in [4.78, 5) is 20.7. The van der Waals surface area contributed by atoms with Crippen molar-refractivity contribution < 1.29 is 9.32 Å². The molecule has 0 aliphatic rings. The molecule has 6 nitrogen and oxygen atoms in total. The molecule has 7 heteroatoms. The van der Waals surface area contributed by atoms with Gasteiger partial charge >= 0.3 is 0 Å². The van der Waals surface area contributed by atoms with Crippen LogP contribution in [0.2, 0.25) is 5.02 Å². The molecule has 0 fully saturated rings. The fourth-order valence-corrected chi connectivity index (χ4v) is 2.57. The number of aryl methyl sites for hydroxylation is 2. The van der Waals surface area contributed by atoms with Gasteiger partial charge in [-0.05, 0) is 26.0 Å². The van der Waals surface area contributed by atoms with Crippen LogP contribution < -0.4 is 5.32 Å². The molecular formula is C17H15ClN4O2. The molecule has 24 heavy (non-hydrogen) atoms. The summed E-state index contributed by atoms with van der Waals surface area (Å²) in [6, 6.07) is 9.00. The maximum absolute atomic E-state index is 12.6. The van der Waals surface area contributed by atoms with Crippen LogP contribution in [0, 0.1) is 13.8 Å². The first-order valence-electron chi connectivity index (χ1n) is 7.33. The second-order valence-electron chi connectivity index (χ2n) is 5.28. The Labute approximate surface area is 143 Å². The molecule has 0 saturated heterocycles. The number of nitrogens with zero attached hydrogens (tertiary/aromatic N) is 3. The van der Waals surface area contributed by atoms with E-state index in [9.17, 15) is 4.79 Å². The molecule has 122 valence electrons. The zero-order valence-corrected chi connectivity index (χ0v) is 14.0. The summed E-state index contributed by atoms with van der Waals surface area (Å²) in [5.74, 6) is 0.140. The predicted octanol–water partition coefficient (Wildman–Crippen LogP) is 3.33. The largest absolute Gasteiger partial charge is 0.360 e. The number of hydrogen-bond donors (Lipinski definition) is 1. The van der Waals surface area contributed by atoms with Crippen molar-refractivity contribution in [3.8, 4) is 11.3 Å². The van der Waals surface area contributed by atoms with Gasteiger partial charge in [0.1, 0.15) is 23.3 Å². The lowest BCUT2D eigenvalue weighted by Crippen LogP contribution is -2.24. The lowest BCUT2D eigenvalue weighted by Gasteiger charge is -2.06. The molecule has 3 rings (SSSR count). The third kappa shape index (κ3) is 3.28. The Morgan fingerprint density at radius 2 is 2.04 bits per heavy atom. The molecule has 0 radical (unpaired) electrons. The van der Waals surface area contributed by atoms with Gasteiger partial charge in [0, 0.05) is 11.3 Å². The average molecular weight is 343 g/mol. The van der Waals surface area contributed by atoms with Gasteiger partial charge in [0.25, 0.3) is 5.91 Å². The Bertz CT molecular complexity index is 892. The van der Waals surface area contributed by atoms with E-state index in [0.717, 1.165) is 11.4 Å². The molecule has 0 aliphatic carbocycles. The molecule has 1 amide bonds. The highest BCUT2D eigenvalue weighted by Gasteiger charge is 2.22. The van der Waals surface area contributed by atoms with E-state index < -0.39 is 0 Å². The van der Waals surface area contributed by atoms with E-state index in [0.29, 0.717) is 27.6 Å². The van der Waals surface area contributed by atoms with Crippen molar-refractivity contribution in [1.29, 1.82) is 0 Å². The summed E-state index contributed by atoms with van der Waals surface area (Å²) in [6.45, 7) is 3.85. The van der Waals surface area contributed by atoms with Crippen molar-refractivity contribution in [3.05, 3.63) is 64.4 Å². The Morgan fingerprint density at radius 1 is 1.25 bits per heavy atom. The van der Waals surface area contributed by atoms with E-state index in [2.05, 4.69) is 20.4 Å². The van der Waals surface area contributed by atoms with E-state index in [1.165, 1.54) is 6.33 Å². The quantitative estimate of drug-likeness (QED) is 0.786. The Kier molecular flexibility index (Phi) is 4.57. The van der Waals surface area contributed by atoms with Crippen LogP contribution >= 0.6 is 11.6 Å². The first kappa shape index (κ1) is 16.1. The van der Waals surface area contributed by atoms with Gasteiger partial charge in [-0.1, -0.05) is 35.0 Å². The summed E-state index contributed by atoms with van der Waals surface area (Å²) in [7, 11) is 0. The van der Waals surface area contributed by atoms with E-state index in [-0.39, 0.29) is 12.5 Å². The van der Waals surface area contributed by atoms with Crippen LogP contribution in [-0.2, 0) is 6.54 Å². The van der Waals surface area contributed by atoms with Crippen molar-refractivity contribution in [2.45, 2.75) is 20.4 Å². The van der Waals surface area contributed by atoms with E-state index in [1.807, 2.05) is 25.1 Å². The van der Waals surface area contributed by atoms with Gasteiger partial charge < -0.3 is 9.84 Å². The molecule has 3 aromatic rings. The monoisotopic (exact) mass is 342 g/mol. The highest BCUT2D eigenvalue weighted by atomic mass is 35.5. The Hall–Kier alpha value is -2.73. The highest BCUT2D eigenvalue weighted by molar-refractivity contribution is 6.33. The standard InChI is InChI=1S/C17H15ClN4O2/c1-10-7-12(21-9-20-10)8-19-17(23)15-11(2)24-22-16(15)13-5-3-4-6-14(13)18/h3-7,9H,8H2,1-2H3,(H,19,23). The lowest BCUT2D eigenvalue weighted by atomic mass is 10.1. The second-order valence-corrected chi connectivity index (χ2v) is 5.68. The summed E-state index contributed by atoms with van der Waals surface area (Å²) in [6.07, 6.45) is 1.47. The van der Waals surface area contributed by atoms with Crippen LogP contribution in [0.15, 0.2) is 41.2 Å². The van der Waals surface area contributed by atoms with Crippen LogP contribution in [-0.4, -0.2) is 21.0 Å². The van der Waals surface area contributed by atoms with Gasteiger partial charge in [-0.15, -0.1) is 0 Å². The van der Waals surface area contributed by atoms with Crippen LogP contribution in [0.25, 0.3) is 11.3 Å². The number of carbonyl (C=O) groups excluding carboxylic acids is 1. The number of halogens is 1. The number of aromatic nitrogens is 3. The van der Waals surface area contributed by atoms with Gasteiger partial charge in [0.2, 0.25) is 0 Å². The minimum absolute atomic E-state index is 0.286. The summed E-state index contributed by atoms with van der Waals surface area (Å²) in [5, 5.41) is 7.32. The minimum atomic E-state index is -0.292. The zero-order chi connectivity index (χ0) is 17.1. The van der Waals surface area contributed by atoms with E-state index in [1.54, 1.807) is 19.1 Å². The smallest absolute Gasteiger partial charge is 0.257 e. The maximum Gasteiger partial charge on any atom is 0.257 e. The van der Waals surface area contributed by atoms with Gasteiger partial charge in [-0.2, -0.15) is 0 Å². The fraction of sp³-hybridized carbons (Fsp3) is 0.176. The molecule has 0 unspecified atom stereocenters. The Morgan fingerprint density at radius 3 is 2.79 bits per heavy atom. The molecule has 0 bridgehead atoms. The van der Waals surface area contributed by atoms with Crippen molar-refractivity contribution >= 4 is 17.5 Å². The molecule has 0 saturated carbocycles. The number of hydrogen-bond acceptors (Lipinski definition) is 5. The first-order chi connectivity index (χ1) is 11.6. The van der Waals surface area contributed by atoms with Crippen molar-refractivity contribution in [2.24, 2.45) is 0 Å². The van der Waals surface area contributed by atoms with Crippen molar-refractivity contribution in [1.82, 2.24) is 20.4 Å². The van der Waals surface area contributed by atoms with Gasteiger partial charge in [0.05, 0.1) is 17.3 Å². The lowest BCUT2D eigenvalue weighted by molar-refractivity contribution is 0.0949. The summed E-state index contributed by atoms with van der Waals surface area (Å²) >= 11 is 6.20. The minimum Gasteiger partial charge on any atom is -0.360 e. The number of amides is 1. The average Bonchev–Trinajstić information content (AvgIpc) is 2.95. The number of carbonyl (C=O) groups is 1. The summed E-state index contributed by atoms with van der Waals surface area (Å²) in [5.41, 5.74) is 3.01. The predicted molar refractivity (Wildman–Crippen MR) is 89.6 cm³/mol. The number of rotatable bonds is 4. The van der Waals surface area contributed by atoms with Gasteiger partial charge in [0.15, 0.2) is 0 Å². The molecule has 0 aliphatic heterocycles. The van der Waals surface area contributed by atoms with E-state index in [4.69, 9.17) is 16.1 Å². The molecule has 1 aromatic carbocycles. The number of benzene rings is 1. The molecule has 1 N–H and O–H groups in total. The second kappa shape index (κ2) is 6.80. The molecule has 0 spiro atoms. The normalized spacial score (nSPS) is 10.6. The van der Waals surface area contributed by atoms with Crippen LogP contribution in [0.4, 0.5) is 0 Å². The first-order valence-corrected chi connectivity index (χ1v) is 7.71. The van der Waals surface area contributed by atoms with Crippen molar-refractivity contribution in [3.63, 3.8) is 0 Å². The van der Waals surface area contributed by atoms with Crippen molar-refractivity contribution in [2.75, 3.05) is 0 Å². The van der Waals surface area contributed by atoms with Gasteiger partial charge in [-0.3, -0.25) is 4.79 Å². The van der Waals surface area contributed by atoms with Gasteiger partial charge in [-0.25, -0.2) is 9.97 Å². The fourth-order valence-electron chi connectivity index (χ4n) is 2.34. The maximum atomic E-state index is 12.6. The third-order valence-corrected chi connectivity index (χ3v) is 3.84. The molecule has 2 heterocycles. The van der Waals surface area contributed by atoms with Crippen LogP contribution in [0.3, 0.4) is 0 Å². The highest BCUT2D eigenvalue weighted by Crippen LogP contribution is 2.30. The third-order valence-electron chi connectivity index (χ3n) is 3.51. The molecule has 0 atom stereocenters. The summed E-state index contributed by atoms with van der Waals surface area (Å²) < 4.78 is 5.20. The molecule has 2 aromatic heterocycles. The molecular weight excluding hydrogens is 328 g/mol.